The number of carbonyl (C=O) groups is 11. The maximum atomic E-state index is 15.3. The lowest BCUT2D eigenvalue weighted by Gasteiger charge is -2.64. The van der Waals surface area contributed by atoms with Gasteiger partial charge in [0.05, 0.1) is 36.4 Å². The summed E-state index contributed by atoms with van der Waals surface area (Å²) < 4.78 is 64.8. The molecule has 3 saturated heterocycles. The number of esters is 1. The Kier molecular flexibility index (Phi) is 24.4. The molecule has 0 radical (unpaired) electrons. The van der Waals surface area contributed by atoms with Gasteiger partial charge in [0.15, 0.2) is 11.6 Å². The number of aromatic hydroxyl groups is 1. The Morgan fingerprint density at radius 3 is 1.88 bits per heavy atom. The van der Waals surface area contributed by atoms with Crippen LogP contribution in [0.5, 0.6) is 17.2 Å². The molecule has 3 saturated carbocycles. The number of benzene rings is 2. The van der Waals surface area contributed by atoms with Gasteiger partial charge >= 0.3 is 67.3 Å². The van der Waals surface area contributed by atoms with Crippen LogP contribution in [0.4, 0.5) is 23.2 Å². The summed E-state index contributed by atoms with van der Waals surface area (Å²) in [6, 6.07) is 7.44. The molecule has 2 aromatic heterocycles. The highest BCUT2D eigenvalue weighted by molar-refractivity contribution is 6.65. The van der Waals surface area contributed by atoms with Crippen LogP contribution in [0.3, 0.4) is 0 Å². The molecule has 11 rings (SSSR count). The van der Waals surface area contributed by atoms with Crippen molar-refractivity contribution in [3.63, 3.8) is 0 Å². The Bertz CT molecular complexity index is 3920. The topological polar surface area (TPSA) is 367 Å². The predicted molar refractivity (Wildman–Crippen MR) is 362 cm³/mol. The number of nitrogens with zero attached hydrogens (tertiary/aromatic N) is 6. The van der Waals surface area contributed by atoms with E-state index in [4.69, 9.17) is 39.8 Å². The third-order valence-electron chi connectivity index (χ3n) is 19.0. The van der Waals surface area contributed by atoms with E-state index in [0.717, 1.165) is 35.6 Å². The molecule has 102 heavy (non-hydrogen) atoms. The molecule has 3 unspecified atom stereocenters. The third kappa shape index (κ3) is 17.7. The van der Waals surface area contributed by atoms with E-state index in [1.165, 1.54) is 41.2 Å². The maximum Gasteiger partial charge on any atom is 0.526 e. The lowest BCUT2D eigenvalue weighted by Crippen LogP contribution is -2.65. The zero-order chi connectivity index (χ0) is 75.4. The number of piperazine rings is 2. The standard InChI is InChI=1S/C38H52BFN2O8.C24H24BFN4O9.C7H9ClN2O3/c1-21-12-15-26(41-20-21)31(42-34(45)48-36(5,6)7)27(43)19-24(39-49-29-18-23-17-28(37(23,8)9)38(29,10)50-39)16-22-13-14-25(40)30(32(22)46-11)33(44)47-35(2,3)4;1-2-29-7-8-30(22(34)21(29)33)24(37)28-19(16-6-4-14(31)11-27-16)17(32)10-13-9-12-3-5-15(26)18(23(35)36)20(12)39-25(13)38;1-2-9-3-4-10(7(8)13)6(12)5(9)11/h12-15,20,23-24,28-29,31H,16-19H2,1-11H3,(H,42,45);3-6,11,13,19,31,38H,2,7-10H2,1H3,(H,28,37)(H,35,36);2-4H2,1H3/t23-,24-,28+,29?,31?,38+;13-,19?;/m11./s1. The average Bonchev–Trinajstić information content (AvgIpc) is 1.41. The van der Waals surface area contributed by atoms with Crippen molar-refractivity contribution in [2.45, 2.75) is 168 Å². The van der Waals surface area contributed by atoms with Crippen LogP contribution < -0.4 is 20.0 Å². The first-order valence-electron chi connectivity index (χ1n) is 33.4. The monoisotopic (exact) mass is 1440 g/mol. The molecule has 0 spiro atoms. The number of nitrogens with one attached hydrogen (secondary N) is 2. The summed E-state index contributed by atoms with van der Waals surface area (Å²) in [4.78, 5) is 149. The molecule has 28 nitrogen and oxygen atoms in total. The van der Waals surface area contributed by atoms with E-state index in [1.54, 1.807) is 73.7 Å². The van der Waals surface area contributed by atoms with Crippen molar-refractivity contribution < 1.29 is 105 Å². The molecule has 33 heteroatoms. The van der Waals surface area contributed by atoms with Crippen molar-refractivity contribution in [3.8, 4) is 17.2 Å². The summed E-state index contributed by atoms with van der Waals surface area (Å²) in [6.45, 7) is 23.6. The zero-order valence-corrected chi connectivity index (χ0v) is 59.8. The Morgan fingerprint density at radius 1 is 0.755 bits per heavy atom. The van der Waals surface area contributed by atoms with Crippen molar-refractivity contribution in [3.05, 3.63) is 112 Å². The number of aromatic carboxylic acids is 1. The number of rotatable bonds is 18. The molecular weight excluding hydrogens is 1360 g/mol. The third-order valence-corrected chi connectivity index (χ3v) is 19.2. The number of likely N-dealkylation sites (N-methyl/N-ethyl adjacent to an activating group) is 2. The Balaban J connectivity index is 0.000000224. The molecule has 5 N–H and O–H groups in total. The van der Waals surface area contributed by atoms with Crippen molar-refractivity contribution in [2.24, 2.45) is 17.3 Å². The first-order chi connectivity index (χ1) is 47.7. The number of carboxylic acid groups (broad SMARTS) is 1. The Hall–Kier alpha value is -9.13. The van der Waals surface area contributed by atoms with Crippen LogP contribution in [0.2, 0.25) is 11.6 Å². The number of urea groups is 1. The molecule has 6 fully saturated rings. The number of Topliss-reactive ketones (excluding diaryl/α,β-unsaturated/α-hetero) is 2. The van der Waals surface area contributed by atoms with Gasteiger partial charge in [-0.05, 0) is 171 Å². The first kappa shape index (κ1) is 78.6. The quantitative estimate of drug-likeness (QED) is 0.0208. The number of methoxy groups -OCH3 is 1. The summed E-state index contributed by atoms with van der Waals surface area (Å²) in [7, 11) is -1.12. The summed E-state index contributed by atoms with van der Waals surface area (Å²) >= 11 is 5.10. The minimum atomic E-state index is -1.67. The van der Waals surface area contributed by atoms with Crippen molar-refractivity contribution >= 4 is 90.5 Å². The molecule has 4 aliphatic heterocycles. The number of ketones is 2. The molecule has 2 bridgehead atoms. The van der Waals surface area contributed by atoms with Gasteiger partial charge in [0.25, 0.3) is 0 Å². The van der Waals surface area contributed by atoms with Crippen LogP contribution in [0, 0.1) is 35.8 Å². The maximum absolute atomic E-state index is 15.3. The highest BCUT2D eigenvalue weighted by Crippen LogP contribution is 2.66. The van der Waals surface area contributed by atoms with Gasteiger partial charge in [-0.15, -0.1) is 0 Å². The number of carbonyl (C=O) groups excluding carboxylic acids is 10. The van der Waals surface area contributed by atoms with Crippen LogP contribution in [0.1, 0.15) is 163 Å². The largest absolute Gasteiger partial charge is 0.535 e. The summed E-state index contributed by atoms with van der Waals surface area (Å²) in [5.41, 5.74) is -1.19. The molecule has 6 heterocycles. The molecule has 8 atom stereocenters. The number of aryl methyl sites for hydroxylation is 1. The van der Waals surface area contributed by atoms with Crippen LogP contribution >= 0.6 is 11.6 Å². The number of hydrogen-bond donors (Lipinski definition) is 5. The average molecular weight is 1440 g/mol. The van der Waals surface area contributed by atoms with E-state index in [9.17, 15) is 72.4 Å². The summed E-state index contributed by atoms with van der Waals surface area (Å²) in [6.07, 6.45) is 3.24. The molecule has 548 valence electrons. The molecular formula is C69H85B2ClF2N8O20. The van der Waals surface area contributed by atoms with E-state index >= 15 is 4.39 Å². The van der Waals surface area contributed by atoms with Crippen LogP contribution in [0.15, 0.2) is 60.9 Å². The van der Waals surface area contributed by atoms with Crippen molar-refractivity contribution in [2.75, 3.05) is 46.4 Å². The highest BCUT2D eigenvalue weighted by atomic mass is 35.5. The number of pyridine rings is 2. The Morgan fingerprint density at radius 2 is 1.33 bits per heavy atom. The number of hydrogen-bond acceptors (Lipinski definition) is 21. The smallest absolute Gasteiger partial charge is 0.526 e. The SMILES string of the molecule is CCN1CCN(C(=O)Cl)C(=O)C1=O.CCN1CCN(C(=O)NC(C(=O)C[C@H]2Cc3ccc(F)c(C(=O)O)c3OB2O)c2ccc(O)cn2)C(=O)C1=O.COc1c(C[C@H](CC(=O)C(NC(=O)OC(C)(C)C)c2ccc(C)cn2)B2OC3C[C@H]4C[C@@H](C4(C)C)[C@]3(C)O2)ccc(F)c1C(=O)OC(C)(C)C. The minimum absolute atomic E-state index is 0.0129. The van der Waals surface area contributed by atoms with Gasteiger partial charge in [0.1, 0.15) is 63.3 Å². The Labute approximate surface area is 594 Å². The fourth-order valence-electron chi connectivity index (χ4n) is 13.6. The second kappa shape index (κ2) is 31.6. The van der Waals surface area contributed by atoms with Gasteiger partial charge in [-0.2, -0.15) is 0 Å². The van der Waals surface area contributed by atoms with E-state index < -0.39 is 137 Å². The fraction of sp³-hybridized carbons (Fsp3) is 0.522. The number of amides is 8. The van der Waals surface area contributed by atoms with Gasteiger partial charge in [0.2, 0.25) is 0 Å². The molecule has 3 aliphatic carbocycles. The number of imide groups is 2. The molecule has 7 aliphatic rings. The molecule has 4 aromatic rings. The lowest BCUT2D eigenvalue weighted by molar-refractivity contribution is -0.199. The number of fused-ring (bicyclic) bond motifs is 1. The number of alkyl carbamates (subject to hydrolysis) is 1. The minimum Gasteiger partial charge on any atom is -0.535 e. The van der Waals surface area contributed by atoms with Gasteiger partial charge in [0, 0.05) is 69.9 Å². The number of halogens is 3. The van der Waals surface area contributed by atoms with E-state index in [-0.39, 0.29) is 103 Å². The van der Waals surface area contributed by atoms with Crippen LogP contribution in [-0.4, -0.2) is 193 Å². The predicted octanol–water partition coefficient (Wildman–Crippen LogP) is 7.91. The van der Waals surface area contributed by atoms with Gasteiger partial charge in [-0.25, -0.2) is 28.0 Å². The second-order valence-corrected chi connectivity index (χ2v) is 28.9. The summed E-state index contributed by atoms with van der Waals surface area (Å²) in [5.74, 6) is -9.97. The van der Waals surface area contributed by atoms with Gasteiger partial charge < -0.3 is 63.8 Å². The van der Waals surface area contributed by atoms with Gasteiger partial charge in [-0.1, -0.05) is 32.0 Å². The van der Waals surface area contributed by atoms with E-state index in [1.807, 2.05) is 13.0 Å². The van der Waals surface area contributed by atoms with Crippen LogP contribution in [-0.2, 0) is 60.4 Å². The van der Waals surface area contributed by atoms with Crippen LogP contribution in [0.25, 0.3) is 0 Å². The molecule has 2 aromatic carbocycles. The first-order valence-corrected chi connectivity index (χ1v) is 33.7. The highest BCUT2D eigenvalue weighted by Gasteiger charge is 2.68. The van der Waals surface area contributed by atoms with E-state index in [2.05, 4.69) is 41.4 Å². The molecule has 8 amide bonds. The van der Waals surface area contributed by atoms with E-state index in [0.29, 0.717) is 35.2 Å². The normalized spacial score (nSPS) is 21.4. The van der Waals surface area contributed by atoms with Crippen molar-refractivity contribution in [1.29, 1.82) is 0 Å². The zero-order valence-electron chi connectivity index (χ0n) is 59.1. The second-order valence-electron chi connectivity index (χ2n) is 28.5. The lowest BCUT2D eigenvalue weighted by atomic mass is 9.43. The number of ether oxygens (including phenoxy) is 3. The summed E-state index contributed by atoms with van der Waals surface area (Å²) in [5, 5.41) is 33.7. The number of carboxylic acids is 1. The fourth-order valence-corrected chi connectivity index (χ4v) is 13.7. The number of aromatic nitrogens is 2. The van der Waals surface area contributed by atoms with Crippen molar-refractivity contribution in [1.82, 2.24) is 40.2 Å². The van der Waals surface area contributed by atoms with Gasteiger partial charge in [-0.3, -0.25) is 53.3 Å².